The molecule has 2 heterocycles. The maximum Gasteiger partial charge on any atom is 0.164 e. The average molecular weight is 678 g/mol. The van der Waals surface area contributed by atoms with Gasteiger partial charge in [-0.2, -0.15) is 0 Å². The molecule has 0 saturated carbocycles. The van der Waals surface area contributed by atoms with Gasteiger partial charge in [0, 0.05) is 27.8 Å². The summed E-state index contributed by atoms with van der Waals surface area (Å²) in [6.45, 7) is 2.13. The normalized spacial score (nSPS) is 13.3. The van der Waals surface area contributed by atoms with E-state index in [1.54, 1.807) is 0 Å². The zero-order chi connectivity index (χ0) is 35.1. The number of hydrogen-bond donors (Lipinski definition) is 0. The Morgan fingerprint density at radius 1 is 0.415 bits per heavy atom. The van der Waals surface area contributed by atoms with E-state index in [-0.39, 0.29) is 0 Å². The van der Waals surface area contributed by atoms with Crippen LogP contribution in [0.5, 0.6) is 11.5 Å². The van der Waals surface area contributed by atoms with Gasteiger partial charge in [-0.15, -0.1) is 0 Å². The number of nitrogens with zero attached hydrogens (tertiary/aromatic N) is 3. The van der Waals surface area contributed by atoms with Gasteiger partial charge in [-0.1, -0.05) is 157 Å². The van der Waals surface area contributed by atoms with Crippen LogP contribution in [0.2, 0.25) is 0 Å². The van der Waals surface area contributed by atoms with Crippen molar-refractivity contribution in [3.63, 3.8) is 0 Å². The second kappa shape index (κ2) is 11.3. The number of aromatic nitrogens is 3. The van der Waals surface area contributed by atoms with Crippen molar-refractivity contribution in [1.29, 1.82) is 0 Å². The molecule has 1 aliphatic heterocycles. The van der Waals surface area contributed by atoms with Gasteiger partial charge in [-0.3, -0.25) is 0 Å². The first-order chi connectivity index (χ1) is 26.2. The van der Waals surface area contributed by atoms with E-state index >= 15 is 0 Å². The topological polar surface area (TPSA) is 47.9 Å². The van der Waals surface area contributed by atoms with Gasteiger partial charge in [0.25, 0.3) is 0 Å². The Labute approximate surface area is 307 Å². The largest absolute Gasteiger partial charge is 0.457 e. The molecule has 4 nitrogen and oxygen atoms in total. The standard InChI is InChI=1S/C49H31N3O/c1-30-24-27-35-33(28-30)14-10-16-36(35)47-50-46(34-26-25-31-12-2-3-13-32(31)29-34)51-48(52-47)38-17-11-21-42-45(38)37-15-4-5-18-39(37)49(42)40-19-6-8-22-43(40)53-44-23-9-7-20-41(44)49/h2-29H,1H3. The average Bonchev–Trinajstić information content (AvgIpc) is 3.51. The van der Waals surface area contributed by atoms with Crippen LogP contribution < -0.4 is 4.74 Å². The molecule has 0 N–H and O–H groups in total. The summed E-state index contributed by atoms with van der Waals surface area (Å²) in [6, 6.07) is 60.1. The van der Waals surface area contributed by atoms with Crippen LogP contribution in [0.4, 0.5) is 0 Å². The molecule has 248 valence electrons. The van der Waals surface area contributed by atoms with Crippen LogP contribution in [0, 0.1) is 6.92 Å². The molecule has 0 unspecified atom stereocenters. The quantitative estimate of drug-likeness (QED) is 0.187. The Hall–Kier alpha value is -6.91. The van der Waals surface area contributed by atoms with Gasteiger partial charge in [-0.05, 0) is 68.9 Å². The fourth-order valence-corrected chi connectivity index (χ4v) is 8.76. The number of aryl methyl sites for hydroxylation is 1. The summed E-state index contributed by atoms with van der Waals surface area (Å²) in [5.41, 5.74) is 10.5. The van der Waals surface area contributed by atoms with Gasteiger partial charge in [0.2, 0.25) is 0 Å². The second-order valence-corrected chi connectivity index (χ2v) is 14.0. The van der Waals surface area contributed by atoms with Crippen molar-refractivity contribution in [3.8, 4) is 56.8 Å². The molecule has 0 radical (unpaired) electrons. The van der Waals surface area contributed by atoms with Gasteiger partial charge in [0.1, 0.15) is 11.5 Å². The van der Waals surface area contributed by atoms with Crippen molar-refractivity contribution in [2.45, 2.75) is 12.3 Å². The molecule has 1 aliphatic carbocycles. The number of benzene rings is 8. The van der Waals surface area contributed by atoms with Gasteiger partial charge >= 0.3 is 0 Å². The first-order valence-electron chi connectivity index (χ1n) is 18.0. The highest BCUT2D eigenvalue weighted by Crippen LogP contribution is 2.63. The van der Waals surface area contributed by atoms with Crippen LogP contribution in [-0.4, -0.2) is 15.0 Å². The van der Waals surface area contributed by atoms with Crippen molar-refractivity contribution in [1.82, 2.24) is 15.0 Å². The highest BCUT2D eigenvalue weighted by atomic mass is 16.5. The minimum absolute atomic E-state index is 0.585. The van der Waals surface area contributed by atoms with E-state index in [9.17, 15) is 0 Å². The third-order valence-corrected chi connectivity index (χ3v) is 11.0. The van der Waals surface area contributed by atoms with E-state index in [1.165, 1.54) is 27.6 Å². The lowest BCUT2D eigenvalue weighted by atomic mass is 9.66. The van der Waals surface area contributed by atoms with E-state index < -0.39 is 5.41 Å². The van der Waals surface area contributed by atoms with Gasteiger partial charge in [-0.25, -0.2) is 15.0 Å². The predicted octanol–water partition coefficient (Wildman–Crippen LogP) is 12.0. The molecule has 53 heavy (non-hydrogen) atoms. The van der Waals surface area contributed by atoms with Crippen molar-refractivity contribution in [3.05, 3.63) is 198 Å². The first-order valence-corrected chi connectivity index (χ1v) is 18.0. The summed E-state index contributed by atoms with van der Waals surface area (Å²) in [4.78, 5) is 15.9. The summed E-state index contributed by atoms with van der Waals surface area (Å²) < 4.78 is 6.58. The van der Waals surface area contributed by atoms with Gasteiger partial charge in [0.05, 0.1) is 5.41 Å². The molecule has 11 rings (SSSR count). The summed E-state index contributed by atoms with van der Waals surface area (Å²) >= 11 is 0. The van der Waals surface area contributed by atoms with Crippen LogP contribution in [0.25, 0.3) is 66.8 Å². The Bertz CT molecular complexity index is 2920. The number of hydrogen-bond acceptors (Lipinski definition) is 4. The minimum atomic E-state index is -0.585. The highest BCUT2D eigenvalue weighted by molar-refractivity contribution is 5.98. The second-order valence-electron chi connectivity index (χ2n) is 14.0. The number of ether oxygens (including phenoxy) is 1. The fraction of sp³-hybridized carbons (Fsp3) is 0.0408. The molecular weight excluding hydrogens is 647 g/mol. The van der Waals surface area contributed by atoms with E-state index in [1.807, 2.05) is 12.1 Å². The first kappa shape index (κ1) is 29.8. The summed E-state index contributed by atoms with van der Waals surface area (Å²) in [7, 11) is 0. The Morgan fingerprint density at radius 3 is 1.81 bits per heavy atom. The Morgan fingerprint density at radius 2 is 1.00 bits per heavy atom. The minimum Gasteiger partial charge on any atom is -0.457 e. The SMILES string of the molecule is Cc1ccc2c(-c3nc(-c4ccc5ccccc5c4)nc(-c4cccc5c4-c4ccccc4C54c5ccccc5Oc5ccccc54)n3)cccc2c1. The van der Waals surface area contributed by atoms with E-state index in [0.717, 1.165) is 61.0 Å². The van der Waals surface area contributed by atoms with Gasteiger partial charge in [0.15, 0.2) is 17.5 Å². The van der Waals surface area contributed by atoms with Crippen molar-refractivity contribution < 1.29 is 4.74 Å². The molecule has 4 heteroatoms. The number of rotatable bonds is 3. The van der Waals surface area contributed by atoms with E-state index in [0.29, 0.717) is 17.5 Å². The molecule has 0 fully saturated rings. The highest BCUT2D eigenvalue weighted by Gasteiger charge is 2.51. The lowest BCUT2D eigenvalue weighted by molar-refractivity contribution is 0.436. The smallest absolute Gasteiger partial charge is 0.164 e. The molecule has 0 bridgehead atoms. The zero-order valence-corrected chi connectivity index (χ0v) is 28.9. The van der Waals surface area contributed by atoms with Crippen molar-refractivity contribution in [2.75, 3.05) is 0 Å². The molecule has 0 amide bonds. The summed E-state index contributed by atoms with van der Waals surface area (Å²) in [5, 5.41) is 4.58. The van der Waals surface area contributed by atoms with Crippen LogP contribution in [-0.2, 0) is 5.41 Å². The number of fused-ring (bicyclic) bond motifs is 11. The van der Waals surface area contributed by atoms with Gasteiger partial charge < -0.3 is 4.74 Å². The predicted molar refractivity (Wildman–Crippen MR) is 213 cm³/mol. The summed E-state index contributed by atoms with van der Waals surface area (Å²) in [6.07, 6.45) is 0. The molecule has 0 atom stereocenters. The van der Waals surface area contributed by atoms with E-state index in [4.69, 9.17) is 19.7 Å². The Balaban J connectivity index is 1.22. The van der Waals surface area contributed by atoms with Crippen LogP contribution in [0.1, 0.15) is 27.8 Å². The van der Waals surface area contributed by atoms with Crippen molar-refractivity contribution in [2.24, 2.45) is 0 Å². The Kier molecular flexibility index (Phi) is 6.35. The van der Waals surface area contributed by atoms with Crippen LogP contribution in [0.3, 0.4) is 0 Å². The molecule has 2 aliphatic rings. The monoisotopic (exact) mass is 677 g/mol. The summed E-state index contributed by atoms with van der Waals surface area (Å²) in [5.74, 6) is 3.66. The maximum absolute atomic E-state index is 6.58. The maximum atomic E-state index is 6.58. The molecular formula is C49H31N3O. The zero-order valence-electron chi connectivity index (χ0n) is 28.9. The molecule has 1 spiro atoms. The molecule has 8 aromatic carbocycles. The lowest BCUT2D eigenvalue weighted by Gasteiger charge is -2.39. The fourth-order valence-electron chi connectivity index (χ4n) is 8.76. The van der Waals surface area contributed by atoms with E-state index in [2.05, 4.69) is 165 Å². The third kappa shape index (κ3) is 4.33. The van der Waals surface area contributed by atoms with Crippen LogP contribution in [0.15, 0.2) is 170 Å². The molecule has 9 aromatic rings. The van der Waals surface area contributed by atoms with Crippen molar-refractivity contribution >= 4 is 21.5 Å². The lowest BCUT2D eigenvalue weighted by Crippen LogP contribution is -2.32. The number of para-hydroxylation sites is 2. The molecule has 0 saturated heterocycles. The third-order valence-electron chi connectivity index (χ3n) is 11.0. The van der Waals surface area contributed by atoms with Crippen LogP contribution >= 0.6 is 0 Å². The molecule has 1 aromatic heterocycles.